The maximum atomic E-state index is 12.8. The third-order valence-corrected chi connectivity index (χ3v) is 8.73. The molecule has 0 radical (unpaired) electrons. The second-order valence-corrected chi connectivity index (χ2v) is 18.8. The van der Waals surface area contributed by atoms with Crippen molar-refractivity contribution in [2.75, 3.05) is 13.1 Å². The van der Waals surface area contributed by atoms with Gasteiger partial charge >= 0.3 is 12.2 Å². The molecule has 2 amide bonds. The Morgan fingerprint density at radius 3 is 2.14 bits per heavy atom. The number of ether oxygens (including phenoxy) is 2. The highest BCUT2D eigenvalue weighted by molar-refractivity contribution is 6.48. The Balaban J connectivity index is 1.93. The van der Waals surface area contributed by atoms with E-state index in [4.69, 9.17) is 23.9 Å². The SMILES string of the molecule is Cc1cnc(CN(Cc2ncccc2C(O[SiH](C)C)C(C)(C)C)C2CCN(C(=NC(=O)OC(C)(C)C)NC(=O)OC(C)(C)C)CC2)c(C)c1. The molecule has 1 saturated heterocycles. The van der Waals surface area contributed by atoms with Crippen LogP contribution in [0.1, 0.15) is 109 Å². The second-order valence-electron chi connectivity index (χ2n) is 16.4. The largest absolute Gasteiger partial charge is 0.444 e. The van der Waals surface area contributed by atoms with E-state index in [0.29, 0.717) is 26.2 Å². The summed E-state index contributed by atoms with van der Waals surface area (Å²) in [5.74, 6) is 0.125. The van der Waals surface area contributed by atoms with Gasteiger partial charge < -0.3 is 18.8 Å². The monoisotopic (exact) mass is 696 g/mol. The van der Waals surface area contributed by atoms with Crippen molar-refractivity contribution in [3.63, 3.8) is 0 Å². The van der Waals surface area contributed by atoms with E-state index in [1.807, 2.05) is 23.4 Å². The van der Waals surface area contributed by atoms with Gasteiger partial charge in [-0.05, 0) is 104 Å². The van der Waals surface area contributed by atoms with Crippen LogP contribution in [0.3, 0.4) is 0 Å². The maximum absolute atomic E-state index is 12.8. The highest BCUT2D eigenvalue weighted by atomic mass is 28.3. The van der Waals surface area contributed by atoms with E-state index in [9.17, 15) is 9.59 Å². The fourth-order valence-corrected chi connectivity index (χ4v) is 6.93. The summed E-state index contributed by atoms with van der Waals surface area (Å²) in [6, 6.07) is 6.51. The molecule has 1 unspecified atom stereocenters. The molecular formula is C37H60N6O5Si. The van der Waals surface area contributed by atoms with Crippen LogP contribution in [0.5, 0.6) is 0 Å². The van der Waals surface area contributed by atoms with Crippen molar-refractivity contribution in [2.24, 2.45) is 10.4 Å². The molecule has 3 heterocycles. The van der Waals surface area contributed by atoms with Gasteiger partial charge in [0, 0.05) is 50.2 Å². The zero-order valence-corrected chi connectivity index (χ0v) is 33.3. The van der Waals surface area contributed by atoms with E-state index in [1.165, 1.54) is 0 Å². The van der Waals surface area contributed by atoms with E-state index in [0.717, 1.165) is 40.9 Å². The van der Waals surface area contributed by atoms with Crippen LogP contribution in [-0.4, -0.2) is 77.3 Å². The van der Waals surface area contributed by atoms with Crippen molar-refractivity contribution in [2.45, 2.75) is 139 Å². The summed E-state index contributed by atoms with van der Waals surface area (Å²) >= 11 is 0. The number of rotatable bonds is 8. The maximum Gasteiger partial charge on any atom is 0.437 e. The Morgan fingerprint density at radius 1 is 0.980 bits per heavy atom. The Labute approximate surface area is 296 Å². The lowest BCUT2D eigenvalue weighted by Gasteiger charge is -2.40. The molecule has 2 aromatic rings. The van der Waals surface area contributed by atoms with Gasteiger partial charge in [0.15, 0.2) is 9.04 Å². The van der Waals surface area contributed by atoms with Crippen molar-refractivity contribution in [3.05, 3.63) is 58.7 Å². The summed E-state index contributed by atoms with van der Waals surface area (Å²) in [5.41, 5.74) is 3.89. The van der Waals surface area contributed by atoms with Crippen LogP contribution in [0, 0.1) is 19.3 Å². The van der Waals surface area contributed by atoms with Gasteiger partial charge in [-0.1, -0.05) is 32.9 Å². The predicted octanol–water partition coefficient (Wildman–Crippen LogP) is 7.46. The molecule has 1 aliphatic heterocycles. The van der Waals surface area contributed by atoms with Crippen LogP contribution in [0.15, 0.2) is 35.6 Å². The molecule has 0 saturated carbocycles. The zero-order chi connectivity index (χ0) is 36.7. The number of amides is 2. The average Bonchev–Trinajstić information content (AvgIpc) is 2.94. The molecule has 1 fully saturated rings. The Kier molecular flexibility index (Phi) is 13.6. The van der Waals surface area contributed by atoms with Crippen molar-refractivity contribution in [1.29, 1.82) is 0 Å². The number of likely N-dealkylation sites (tertiary alicyclic amines) is 1. The number of aliphatic imine (C=N–C) groups is 1. The van der Waals surface area contributed by atoms with E-state index >= 15 is 0 Å². The van der Waals surface area contributed by atoms with Gasteiger partial charge in [0.25, 0.3) is 0 Å². The number of hydrogen-bond donors (Lipinski definition) is 1. The number of pyridine rings is 2. The Bertz CT molecular complexity index is 1450. The lowest BCUT2D eigenvalue weighted by atomic mass is 9.84. The van der Waals surface area contributed by atoms with Crippen LogP contribution < -0.4 is 5.32 Å². The first kappa shape index (κ1) is 40.1. The number of hydrogen-bond acceptors (Lipinski definition) is 8. The van der Waals surface area contributed by atoms with Crippen molar-refractivity contribution >= 4 is 27.2 Å². The lowest BCUT2D eigenvalue weighted by molar-refractivity contribution is 0.0548. The minimum absolute atomic E-state index is 0.0728. The van der Waals surface area contributed by atoms with E-state index in [2.05, 4.69) is 75.1 Å². The molecule has 0 aromatic carbocycles. The molecule has 3 rings (SSSR count). The number of alkyl carbamates (subject to hydrolysis) is 1. The normalized spacial score (nSPS) is 15.8. The molecule has 2 aromatic heterocycles. The van der Waals surface area contributed by atoms with E-state index < -0.39 is 32.4 Å². The molecule has 0 bridgehead atoms. The number of piperidine rings is 1. The van der Waals surface area contributed by atoms with Gasteiger partial charge in [0.05, 0.1) is 17.5 Å². The molecule has 49 heavy (non-hydrogen) atoms. The third kappa shape index (κ3) is 13.1. The molecule has 0 spiro atoms. The van der Waals surface area contributed by atoms with Crippen LogP contribution in [0.25, 0.3) is 0 Å². The minimum Gasteiger partial charge on any atom is -0.444 e. The summed E-state index contributed by atoms with van der Waals surface area (Å²) < 4.78 is 17.6. The second kappa shape index (κ2) is 16.6. The Morgan fingerprint density at radius 2 is 1.59 bits per heavy atom. The molecule has 1 atom stereocenters. The number of guanidine groups is 1. The third-order valence-electron chi connectivity index (χ3n) is 7.92. The molecule has 1 aliphatic rings. The number of nitrogens with zero attached hydrogens (tertiary/aromatic N) is 5. The van der Waals surface area contributed by atoms with Crippen molar-refractivity contribution in [3.8, 4) is 0 Å². The molecule has 0 aliphatic carbocycles. The molecule has 1 N–H and O–H groups in total. The molecule has 12 heteroatoms. The number of aromatic nitrogens is 2. The smallest absolute Gasteiger partial charge is 0.437 e. The fraction of sp³-hybridized carbons (Fsp3) is 0.649. The van der Waals surface area contributed by atoms with Gasteiger partial charge in [-0.3, -0.25) is 20.2 Å². The van der Waals surface area contributed by atoms with Crippen LogP contribution in [0.4, 0.5) is 9.59 Å². The van der Waals surface area contributed by atoms with Crippen LogP contribution in [0.2, 0.25) is 13.1 Å². The zero-order valence-electron chi connectivity index (χ0n) is 32.1. The first-order valence-electron chi connectivity index (χ1n) is 17.4. The van der Waals surface area contributed by atoms with Gasteiger partial charge in [-0.25, -0.2) is 9.59 Å². The van der Waals surface area contributed by atoms with Crippen LogP contribution in [-0.2, 0) is 27.0 Å². The quantitative estimate of drug-likeness (QED) is 0.170. The summed E-state index contributed by atoms with van der Waals surface area (Å²) in [7, 11) is -1.35. The summed E-state index contributed by atoms with van der Waals surface area (Å²) in [4.78, 5) is 43.9. The molecular weight excluding hydrogens is 637 g/mol. The topological polar surface area (TPSA) is 118 Å². The first-order chi connectivity index (χ1) is 22.6. The average molecular weight is 697 g/mol. The van der Waals surface area contributed by atoms with E-state index in [1.54, 1.807) is 41.5 Å². The predicted molar refractivity (Wildman–Crippen MR) is 197 cm³/mol. The first-order valence-corrected chi connectivity index (χ1v) is 20.2. The van der Waals surface area contributed by atoms with Crippen molar-refractivity contribution in [1.82, 2.24) is 25.1 Å². The molecule has 11 nitrogen and oxygen atoms in total. The summed E-state index contributed by atoms with van der Waals surface area (Å²) in [6.45, 7) is 28.3. The van der Waals surface area contributed by atoms with Gasteiger partial charge in [0.2, 0.25) is 5.96 Å². The number of nitrogens with one attached hydrogen (secondary N) is 1. The van der Waals surface area contributed by atoms with Crippen molar-refractivity contribution < 1.29 is 23.5 Å². The minimum atomic E-state index is -1.35. The van der Waals surface area contributed by atoms with Crippen LogP contribution >= 0.6 is 0 Å². The van der Waals surface area contributed by atoms with E-state index in [-0.39, 0.29) is 23.5 Å². The fourth-order valence-electron chi connectivity index (χ4n) is 5.83. The van der Waals surface area contributed by atoms with Gasteiger partial charge in [-0.15, -0.1) is 4.99 Å². The Hall–Kier alpha value is -3.35. The van der Waals surface area contributed by atoms with Gasteiger partial charge in [0.1, 0.15) is 11.2 Å². The molecule has 272 valence electrons. The summed E-state index contributed by atoms with van der Waals surface area (Å²) in [5, 5.41) is 2.72. The standard InChI is InChI=1S/C37H60N6O5Si/c1-25-21-26(2)29(39-22-25)23-43(24-30-28(15-14-18-38-30)31(35(3,4)5)48-49(12)13)27-16-19-42(20-17-27)32(40-33(44)46-36(6,7)8)41-34(45)47-37(9,10)11/h14-15,18,21-22,27,31,49H,16-17,19-20,23-24H2,1-13H3,(H,40,41,44,45). The number of carbonyl (C=O) groups excluding carboxylic acids is 2. The highest BCUT2D eigenvalue weighted by Crippen LogP contribution is 2.38. The highest BCUT2D eigenvalue weighted by Gasteiger charge is 2.33. The number of carbonyl (C=O) groups is 2. The summed E-state index contributed by atoms with van der Waals surface area (Å²) in [6.07, 6.45) is 3.78. The van der Waals surface area contributed by atoms with Gasteiger partial charge in [-0.2, -0.15) is 0 Å². The number of aryl methyl sites for hydroxylation is 2. The lowest BCUT2D eigenvalue weighted by Crippen LogP contribution is -2.52.